The second kappa shape index (κ2) is 5.78. The van der Waals surface area contributed by atoms with Gasteiger partial charge in [0.15, 0.2) is 6.79 Å². The zero-order valence-electron chi connectivity index (χ0n) is 9.83. The van der Waals surface area contributed by atoms with Crippen molar-refractivity contribution < 1.29 is 14.3 Å². The average Bonchev–Trinajstić information content (AvgIpc) is 2.77. The van der Waals surface area contributed by atoms with Crippen molar-refractivity contribution in [3.63, 3.8) is 0 Å². The van der Waals surface area contributed by atoms with Crippen LogP contribution in [0.5, 0.6) is 5.75 Å². The van der Waals surface area contributed by atoms with Crippen LogP contribution in [-0.2, 0) is 9.53 Å². The fourth-order valence-corrected chi connectivity index (χ4v) is 2.46. The van der Waals surface area contributed by atoms with Crippen LogP contribution in [0, 0.1) is 0 Å². The molecule has 1 aromatic rings. The Morgan fingerprint density at radius 2 is 2.22 bits per heavy atom. The van der Waals surface area contributed by atoms with Crippen LogP contribution in [0.15, 0.2) is 12.1 Å². The van der Waals surface area contributed by atoms with Crippen molar-refractivity contribution in [3.8, 4) is 5.75 Å². The molecule has 1 aliphatic heterocycles. The lowest BCUT2D eigenvalue weighted by Gasteiger charge is -2.17. The molecule has 1 unspecified atom stereocenters. The van der Waals surface area contributed by atoms with Gasteiger partial charge < -0.3 is 14.8 Å². The van der Waals surface area contributed by atoms with Crippen LogP contribution < -0.4 is 10.1 Å². The number of nitrogens with one attached hydrogen (secondary N) is 1. The molecule has 18 heavy (non-hydrogen) atoms. The maximum absolute atomic E-state index is 11.3. The molecule has 1 heterocycles. The van der Waals surface area contributed by atoms with Crippen LogP contribution in [0.2, 0.25) is 10.0 Å². The van der Waals surface area contributed by atoms with Gasteiger partial charge in [0, 0.05) is 31.6 Å². The number of amides is 1. The molecule has 0 aromatic heterocycles. The first-order valence-electron chi connectivity index (χ1n) is 5.49. The van der Waals surface area contributed by atoms with Crippen molar-refractivity contribution in [3.05, 3.63) is 27.7 Å². The van der Waals surface area contributed by atoms with E-state index in [1.165, 1.54) is 7.11 Å². The maximum atomic E-state index is 11.3. The first-order chi connectivity index (χ1) is 8.63. The standard InChI is InChI=1S/C12H13Cl2NO3/c1-17-6-18-9-3-2-8(13)12(14)11(9)7-4-10(16)15-5-7/h2-3,7H,4-6H2,1H3,(H,15,16). The molecule has 1 fully saturated rings. The van der Waals surface area contributed by atoms with Crippen molar-refractivity contribution in [2.24, 2.45) is 0 Å². The van der Waals surface area contributed by atoms with E-state index < -0.39 is 0 Å². The van der Waals surface area contributed by atoms with E-state index in [1.807, 2.05) is 0 Å². The minimum Gasteiger partial charge on any atom is -0.467 e. The van der Waals surface area contributed by atoms with Gasteiger partial charge in [0.05, 0.1) is 10.0 Å². The third-order valence-corrected chi connectivity index (χ3v) is 3.63. The Labute approximate surface area is 115 Å². The number of benzene rings is 1. The number of methoxy groups -OCH3 is 1. The molecule has 0 spiro atoms. The molecule has 0 radical (unpaired) electrons. The topological polar surface area (TPSA) is 47.6 Å². The second-order valence-corrected chi connectivity index (χ2v) is 4.81. The van der Waals surface area contributed by atoms with E-state index in [0.717, 1.165) is 5.56 Å². The number of hydrogen-bond donors (Lipinski definition) is 1. The number of halogens is 2. The van der Waals surface area contributed by atoms with Gasteiger partial charge in [-0.3, -0.25) is 4.79 Å². The first kappa shape index (κ1) is 13.5. The Balaban J connectivity index is 2.35. The van der Waals surface area contributed by atoms with Gasteiger partial charge in [-0.25, -0.2) is 0 Å². The zero-order chi connectivity index (χ0) is 13.1. The summed E-state index contributed by atoms with van der Waals surface area (Å²) in [5.41, 5.74) is 0.763. The number of rotatable bonds is 4. The van der Waals surface area contributed by atoms with E-state index in [-0.39, 0.29) is 18.6 Å². The van der Waals surface area contributed by atoms with Crippen LogP contribution in [0.3, 0.4) is 0 Å². The molecular formula is C12H13Cl2NO3. The van der Waals surface area contributed by atoms with Crippen molar-refractivity contribution in [1.82, 2.24) is 5.32 Å². The Hall–Kier alpha value is -0.970. The summed E-state index contributed by atoms with van der Waals surface area (Å²) in [6.45, 7) is 0.668. The maximum Gasteiger partial charge on any atom is 0.220 e. The van der Waals surface area contributed by atoms with Gasteiger partial charge in [-0.05, 0) is 12.1 Å². The van der Waals surface area contributed by atoms with Gasteiger partial charge in [0.25, 0.3) is 0 Å². The lowest BCUT2D eigenvalue weighted by molar-refractivity contribution is -0.119. The molecule has 0 aliphatic carbocycles. The van der Waals surface area contributed by atoms with Gasteiger partial charge in [0.2, 0.25) is 5.91 Å². The smallest absolute Gasteiger partial charge is 0.220 e. The highest BCUT2D eigenvalue weighted by molar-refractivity contribution is 6.42. The van der Waals surface area contributed by atoms with Crippen LogP contribution in [0.25, 0.3) is 0 Å². The summed E-state index contributed by atoms with van der Waals surface area (Å²) < 4.78 is 10.3. The Morgan fingerprint density at radius 1 is 1.44 bits per heavy atom. The number of ether oxygens (including phenoxy) is 2. The zero-order valence-corrected chi connectivity index (χ0v) is 11.3. The van der Waals surface area contributed by atoms with E-state index in [9.17, 15) is 4.79 Å². The van der Waals surface area contributed by atoms with Gasteiger partial charge in [-0.2, -0.15) is 0 Å². The summed E-state index contributed by atoms with van der Waals surface area (Å²) in [6, 6.07) is 3.41. The average molecular weight is 290 g/mol. The van der Waals surface area contributed by atoms with E-state index in [1.54, 1.807) is 12.1 Å². The van der Waals surface area contributed by atoms with Gasteiger partial charge in [-0.1, -0.05) is 23.2 Å². The summed E-state index contributed by atoms with van der Waals surface area (Å²) >= 11 is 12.2. The van der Waals surface area contributed by atoms with Crippen molar-refractivity contribution in [1.29, 1.82) is 0 Å². The molecule has 1 N–H and O–H groups in total. The van der Waals surface area contributed by atoms with Crippen LogP contribution >= 0.6 is 23.2 Å². The van der Waals surface area contributed by atoms with E-state index >= 15 is 0 Å². The predicted octanol–water partition coefficient (Wildman–Crippen LogP) is 2.58. The molecule has 0 bridgehead atoms. The molecule has 2 rings (SSSR count). The Kier molecular flexibility index (Phi) is 4.32. The number of hydrogen-bond acceptors (Lipinski definition) is 3. The van der Waals surface area contributed by atoms with Crippen molar-refractivity contribution in [2.45, 2.75) is 12.3 Å². The highest BCUT2D eigenvalue weighted by Gasteiger charge is 2.28. The van der Waals surface area contributed by atoms with Crippen LogP contribution in [0.1, 0.15) is 17.9 Å². The third-order valence-electron chi connectivity index (χ3n) is 2.81. The van der Waals surface area contributed by atoms with Crippen LogP contribution in [0.4, 0.5) is 0 Å². The molecule has 1 aromatic carbocycles. The highest BCUT2D eigenvalue weighted by atomic mass is 35.5. The quantitative estimate of drug-likeness (QED) is 0.867. The molecule has 0 saturated carbocycles. The number of carbonyl (C=O) groups excluding carboxylic acids is 1. The van der Waals surface area contributed by atoms with E-state index in [4.69, 9.17) is 32.7 Å². The second-order valence-electron chi connectivity index (χ2n) is 4.03. The molecule has 1 amide bonds. The van der Waals surface area contributed by atoms with Crippen molar-refractivity contribution >= 4 is 29.1 Å². The fourth-order valence-electron chi connectivity index (χ4n) is 1.99. The molecule has 1 atom stereocenters. The normalized spacial score (nSPS) is 18.8. The summed E-state index contributed by atoms with van der Waals surface area (Å²) in [7, 11) is 1.54. The van der Waals surface area contributed by atoms with Gasteiger partial charge >= 0.3 is 0 Å². The summed E-state index contributed by atoms with van der Waals surface area (Å²) in [5, 5.41) is 3.66. The Morgan fingerprint density at radius 3 is 2.83 bits per heavy atom. The molecule has 1 aliphatic rings. The predicted molar refractivity (Wildman–Crippen MR) is 69.3 cm³/mol. The highest BCUT2D eigenvalue weighted by Crippen LogP contribution is 2.40. The van der Waals surface area contributed by atoms with Crippen molar-refractivity contribution in [2.75, 3.05) is 20.4 Å². The van der Waals surface area contributed by atoms with Gasteiger partial charge in [-0.15, -0.1) is 0 Å². The molecule has 6 heteroatoms. The van der Waals surface area contributed by atoms with E-state index in [2.05, 4.69) is 5.32 Å². The molecular weight excluding hydrogens is 277 g/mol. The van der Waals surface area contributed by atoms with Gasteiger partial charge in [0.1, 0.15) is 5.75 Å². The molecule has 98 valence electrons. The van der Waals surface area contributed by atoms with Crippen LogP contribution in [-0.4, -0.2) is 26.4 Å². The Bertz CT molecular complexity index is 465. The lowest BCUT2D eigenvalue weighted by atomic mass is 9.97. The van der Waals surface area contributed by atoms with E-state index in [0.29, 0.717) is 28.8 Å². The third kappa shape index (κ3) is 2.71. The first-order valence-corrected chi connectivity index (χ1v) is 6.25. The summed E-state index contributed by atoms with van der Waals surface area (Å²) in [4.78, 5) is 11.3. The largest absolute Gasteiger partial charge is 0.467 e. The molecule has 1 saturated heterocycles. The molecule has 4 nitrogen and oxygen atoms in total. The fraction of sp³-hybridized carbons (Fsp3) is 0.417. The minimum absolute atomic E-state index is 0.00809. The minimum atomic E-state index is -0.0180. The SMILES string of the molecule is COCOc1ccc(Cl)c(Cl)c1C1CNC(=O)C1. The monoisotopic (exact) mass is 289 g/mol. The summed E-state index contributed by atoms with van der Waals surface area (Å²) in [6.07, 6.45) is 0.392. The summed E-state index contributed by atoms with van der Waals surface area (Å²) in [5.74, 6) is 0.594. The number of carbonyl (C=O) groups is 1. The lowest BCUT2D eigenvalue weighted by Crippen LogP contribution is -2.14.